The van der Waals surface area contributed by atoms with Crippen LogP contribution < -0.4 is 0 Å². The minimum atomic E-state index is -0.592. The predicted octanol–water partition coefficient (Wildman–Crippen LogP) is 10.6. The van der Waals surface area contributed by atoms with Crippen molar-refractivity contribution in [3.63, 3.8) is 0 Å². The first-order chi connectivity index (χ1) is 20.9. The Bertz CT molecular complexity index is 2100. The summed E-state index contributed by atoms with van der Waals surface area (Å²) in [6.07, 6.45) is 0. The molecule has 0 saturated carbocycles. The van der Waals surface area contributed by atoms with Crippen molar-refractivity contribution in [2.24, 2.45) is 0 Å². The molecule has 5 aromatic carbocycles. The number of nitrogens with zero attached hydrogens (tertiary/aromatic N) is 2. The van der Waals surface area contributed by atoms with Crippen molar-refractivity contribution in [2.45, 2.75) is 31.6 Å². The summed E-state index contributed by atoms with van der Waals surface area (Å²) in [5, 5.41) is 2.47. The van der Waals surface area contributed by atoms with Crippen LogP contribution >= 0.6 is 15.9 Å². The SMILES string of the molecule is CC(C)(C)c1cc(-n2c3ccccc3c3ccccc32)nc(C2(c3cccc(Br)c3)c3ccccc3-c3ccccc32)c1. The van der Waals surface area contributed by atoms with Gasteiger partial charge < -0.3 is 0 Å². The van der Waals surface area contributed by atoms with E-state index in [4.69, 9.17) is 4.98 Å². The largest absolute Gasteiger partial charge is 0.294 e. The second kappa shape index (κ2) is 9.52. The summed E-state index contributed by atoms with van der Waals surface area (Å²) in [6, 6.07) is 48.5. The third kappa shape index (κ3) is 3.81. The first-order valence-electron chi connectivity index (χ1n) is 14.8. The second-order valence-electron chi connectivity index (χ2n) is 12.6. The van der Waals surface area contributed by atoms with Gasteiger partial charge in [0, 0.05) is 15.2 Å². The van der Waals surface area contributed by atoms with Gasteiger partial charge in [0.15, 0.2) is 0 Å². The van der Waals surface area contributed by atoms with Gasteiger partial charge in [-0.1, -0.05) is 134 Å². The Morgan fingerprint density at radius 2 is 1.16 bits per heavy atom. The number of hydrogen-bond donors (Lipinski definition) is 0. The lowest BCUT2D eigenvalue weighted by molar-refractivity contribution is 0.584. The van der Waals surface area contributed by atoms with Crippen LogP contribution in [0.4, 0.5) is 0 Å². The fraction of sp³-hybridized carbons (Fsp3) is 0.125. The lowest BCUT2D eigenvalue weighted by Crippen LogP contribution is -2.31. The predicted molar refractivity (Wildman–Crippen MR) is 182 cm³/mol. The van der Waals surface area contributed by atoms with Gasteiger partial charge in [0.2, 0.25) is 0 Å². The number of para-hydroxylation sites is 2. The zero-order chi connectivity index (χ0) is 29.3. The normalized spacial score (nSPS) is 13.8. The summed E-state index contributed by atoms with van der Waals surface area (Å²) in [6.45, 7) is 6.89. The fourth-order valence-corrected chi connectivity index (χ4v) is 7.52. The number of benzene rings is 5. The van der Waals surface area contributed by atoms with E-state index in [-0.39, 0.29) is 5.41 Å². The van der Waals surface area contributed by atoms with Crippen molar-refractivity contribution >= 4 is 37.7 Å². The molecular weight excluding hydrogens is 588 g/mol. The standard InChI is InChI=1S/C40H31BrN2/c1-39(2,3)27-24-37(42-38(25-27)43-35-21-10-6-17-31(35)32-18-7-11-22-36(32)43)40(26-13-12-14-28(41)23-26)33-19-8-4-15-29(33)30-16-5-9-20-34(30)40/h4-25H,1-3H3. The van der Waals surface area contributed by atoms with Crippen molar-refractivity contribution in [2.75, 3.05) is 0 Å². The second-order valence-corrected chi connectivity index (χ2v) is 13.5. The molecule has 2 heterocycles. The van der Waals surface area contributed by atoms with E-state index in [9.17, 15) is 0 Å². The first kappa shape index (κ1) is 26.2. The Labute approximate surface area is 260 Å². The maximum absolute atomic E-state index is 5.70. The third-order valence-corrected chi connectivity index (χ3v) is 9.57. The summed E-state index contributed by atoms with van der Waals surface area (Å²) < 4.78 is 3.41. The zero-order valence-corrected chi connectivity index (χ0v) is 26.1. The maximum Gasteiger partial charge on any atom is 0.138 e. The van der Waals surface area contributed by atoms with Gasteiger partial charge >= 0.3 is 0 Å². The average Bonchev–Trinajstić information content (AvgIpc) is 3.52. The highest BCUT2D eigenvalue weighted by molar-refractivity contribution is 9.10. The summed E-state index contributed by atoms with van der Waals surface area (Å²) in [4.78, 5) is 5.70. The molecule has 0 saturated heterocycles. The van der Waals surface area contributed by atoms with Crippen molar-refractivity contribution in [1.29, 1.82) is 0 Å². The zero-order valence-electron chi connectivity index (χ0n) is 24.5. The minimum Gasteiger partial charge on any atom is -0.294 e. The van der Waals surface area contributed by atoms with Crippen molar-refractivity contribution < 1.29 is 0 Å². The summed E-state index contributed by atoms with van der Waals surface area (Å²) in [5.74, 6) is 0.941. The van der Waals surface area contributed by atoms with Gasteiger partial charge in [-0.05, 0) is 75.2 Å². The number of aromatic nitrogens is 2. The molecule has 0 N–H and O–H groups in total. The highest BCUT2D eigenvalue weighted by atomic mass is 79.9. The molecule has 0 bridgehead atoms. The molecule has 0 atom stereocenters. The van der Waals surface area contributed by atoms with Crippen LogP contribution in [0.5, 0.6) is 0 Å². The molecule has 1 aliphatic rings. The van der Waals surface area contributed by atoms with E-state index in [0.717, 1.165) is 27.0 Å². The Morgan fingerprint density at radius 1 is 0.605 bits per heavy atom. The molecule has 0 aliphatic heterocycles. The van der Waals surface area contributed by atoms with Crippen LogP contribution in [0.25, 0.3) is 38.8 Å². The molecule has 7 aromatic rings. The molecule has 43 heavy (non-hydrogen) atoms. The van der Waals surface area contributed by atoms with Crippen molar-refractivity contribution in [3.05, 3.63) is 166 Å². The van der Waals surface area contributed by atoms with E-state index in [1.54, 1.807) is 0 Å². The van der Waals surface area contributed by atoms with E-state index < -0.39 is 5.41 Å². The molecule has 1 aliphatic carbocycles. The molecule has 208 valence electrons. The lowest BCUT2D eigenvalue weighted by Gasteiger charge is -2.34. The van der Waals surface area contributed by atoms with E-state index in [0.29, 0.717) is 0 Å². The van der Waals surface area contributed by atoms with Crippen molar-refractivity contribution in [3.8, 4) is 16.9 Å². The molecule has 0 amide bonds. The first-order valence-corrected chi connectivity index (χ1v) is 15.6. The molecular formula is C40H31BrN2. The number of rotatable bonds is 3. The third-order valence-electron chi connectivity index (χ3n) is 9.08. The average molecular weight is 620 g/mol. The van der Waals surface area contributed by atoms with Gasteiger partial charge in [-0.2, -0.15) is 0 Å². The Kier molecular flexibility index (Phi) is 5.80. The van der Waals surface area contributed by atoms with Gasteiger partial charge in [-0.25, -0.2) is 4.98 Å². The molecule has 8 rings (SSSR count). The van der Waals surface area contributed by atoms with Gasteiger partial charge in [-0.15, -0.1) is 0 Å². The minimum absolute atomic E-state index is 0.0959. The Morgan fingerprint density at radius 3 is 1.74 bits per heavy atom. The van der Waals surface area contributed by atoms with Crippen LogP contribution in [0.15, 0.2) is 138 Å². The van der Waals surface area contributed by atoms with E-state index in [1.807, 2.05) is 0 Å². The topological polar surface area (TPSA) is 17.8 Å². The number of fused-ring (bicyclic) bond motifs is 6. The molecule has 2 aromatic heterocycles. The molecule has 0 unspecified atom stereocenters. The van der Waals surface area contributed by atoms with Crippen LogP contribution in [-0.4, -0.2) is 9.55 Å². The Balaban J connectivity index is 1.55. The van der Waals surface area contributed by atoms with Gasteiger partial charge in [0.1, 0.15) is 5.82 Å². The monoisotopic (exact) mass is 618 g/mol. The highest BCUT2D eigenvalue weighted by Crippen LogP contribution is 2.56. The van der Waals surface area contributed by atoms with Crippen LogP contribution in [0.3, 0.4) is 0 Å². The summed E-state index contributed by atoms with van der Waals surface area (Å²) in [7, 11) is 0. The van der Waals surface area contributed by atoms with Crippen LogP contribution in [0, 0.1) is 0 Å². The number of hydrogen-bond acceptors (Lipinski definition) is 1. The Hall–Kier alpha value is -4.47. The van der Waals surface area contributed by atoms with Crippen LogP contribution in [-0.2, 0) is 10.8 Å². The van der Waals surface area contributed by atoms with E-state index in [2.05, 4.69) is 175 Å². The molecule has 3 heteroatoms. The van der Waals surface area contributed by atoms with Gasteiger partial charge in [0.05, 0.1) is 22.1 Å². The van der Waals surface area contributed by atoms with E-state index in [1.165, 1.54) is 44.2 Å². The van der Waals surface area contributed by atoms with E-state index >= 15 is 0 Å². The smallest absolute Gasteiger partial charge is 0.138 e. The number of pyridine rings is 1. The van der Waals surface area contributed by atoms with Crippen LogP contribution in [0.2, 0.25) is 0 Å². The van der Waals surface area contributed by atoms with Gasteiger partial charge in [0.25, 0.3) is 0 Å². The summed E-state index contributed by atoms with van der Waals surface area (Å²) in [5.41, 5.74) is 10.2. The summed E-state index contributed by atoms with van der Waals surface area (Å²) >= 11 is 3.81. The quantitative estimate of drug-likeness (QED) is 0.192. The lowest BCUT2D eigenvalue weighted by atomic mass is 9.69. The molecule has 0 spiro atoms. The molecule has 2 nitrogen and oxygen atoms in total. The maximum atomic E-state index is 5.70. The molecule has 0 radical (unpaired) electrons. The highest BCUT2D eigenvalue weighted by Gasteiger charge is 2.47. The van der Waals surface area contributed by atoms with Crippen molar-refractivity contribution in [1.82, 2.24) is 9.55 Å². The fourth-order valence-electron chi connectivity index (χ4n) is 7.12. The van der Waals surface area contributed by atoms with Crippen LogP contribution in [0.1, 0.15) is 48.7 Å². The number of halogens is 1. The van der Waals surface area contributed by atoms with Gasteiger partial charge in [-0.3, -0.25) is 4.57 Å². The molecule has 0 fully saturated rings.